The fraction of sp³-hybridized carbons (Fsp3) is 0.333. The number of ether oxygens (including phenoxy) is 1. The van der Waals surface area contributed by atoms with Crippen molar-refractivity contribution in [2.75, 3.05) is 6.54 Å². The standard InChI is InChI=1S/C18H22ClNO/c1-14(2)11-20-12-15-6-8-18(9-7-15)21-13-16-4-3-5-17(19)10-16/h3-10,14,20H,11-13H2,1-2H3. The molecule has 0 aromatic heterocycles. The summed E-state index contributed by atoms with van der Waals surface area (Å²) >= 11 is 5.96. The fourth-order valence-corrected chi connectivity index (χ4v) is 2.22. The third-order valence-electron chi connectivity index (χ3n) is 3.10. The van der Waals surface area contributed by atoms with Crippen LogP contribution in [0.25, 0.3) is 0 Å². The molecule has 0 aliphatic rings. The summed E-state index contributed by atoms with van der Waals surface area (Å²) in [5.41, 5.74) is 2.34. The van der Waals surface area contributed by atoms with Crippen LogP contribution < -0.4 is 10.1 Å². The Bertz CT molecular complexity index is 551. The molecule has 0 amide bonds. The predicted molar refractivity (Wildman–Crippen MR) is 88.8 cm³/mol. The molecule has 0 radical (unpaired) electrons. The molecule has 0 aliphatic heterocycles. The Hall–Kier alpha value is -1.51. The molecule has 0 aliphatic carbocycles. The molecule has 2 aromatic carbocycles. The van der Waals surface area contributed by atoms with E-state index in [0.717, 1.165) is 29.4 Å². The first-order valence-electron chi connectivity index (χ1n) is 7.30. The average molecular weight is 304 g/mol. The summed E-state index contributed by atoms with van der Waals surface area (Å²) in [6.07, 6.45) is 0. The van der Waals surface area contributed by atoms with E-state index >= 15 is 0 Å². The van der Waals surface area contributed by atoms with E-state index in [2.05, 4.69) is 31.3 Å². The molecule has 2 rings (SSSR count). The Morgan fingerprint density at radius 1 is 1.05 bits per heavy atom. The maximum absolute atomic E-state index is 5.96. The highest BCUT2D eigenvalue weighted by Gasteiger charge is 1.99. The zero-order chi connectivity index (χ0) is 15.1. The van der Waals surface area contributed by atoms with Gasteiger partial charge < -0.3 is 10.1 Å². The quantitative estimate of drug-likeness (QED) is 0.803. The largest absolute Gasteiger partial charge is 0.489 e. The van der Waals surface area contributed by atoms with Crippen molar-refractivity contribution in [1.29, 1.82) is 0 Å². The van der Waals surface area contributed by atoms with Gasteiger partial charge in [0, 0.05) is 11.6 Å². The van der Waals surface area contributed by atoms with Crippen LogP contribution in [0.5, 0.6) is 5.75 Å². The maximum Gasteiger partial charge on any atom is 0.119 e. The summed E-state index contributed by atoms with van der Waals surface area (Å²) in [7, 11) is 0. The zero-order valence-electron chi connectivity index (χ0n) is 12.6. The number of rotatable bonds is 7. The third kappa shape index (κ3) is 5.78. The van der Waals surface area contributed by atoms with E-state index in [9.17, 15) is 0 Å². The lowest BCUT2D eigenvalue weighted by molar-refractivity contribution is 0.306. The molecule has 0 spiro atoms. The van der Waals surface area contributed by atoms with Gasteiger partial charge in [-0.3, -0.25) is 0 Å². The SMILES string of the molecule is CC(C)CNCc1ccc(OCc2cccc(Cl)c2)cc1. The second kappa shape index (κ2) is 8.06. The Morgan fingerprint density at radius 3 is 2.48 bits per heavy atom. The summed E-state index contributed by atoms with van der Waals surface area (Å²) in [4.78, 5) is 0. The van der Waals surface area contributed by atoms with Gasteiger partial charge in [-0.15, -0.1) is 0 Å². The van der Waals surface area contributed by atoms with E-state index in [1.54, 1.807) is 0 Å². The lowest BCUT2D eigenvalue weighted by Crippen LogP contribution is -2.18. The van der Waals surface area contributed by atoms with Crippen LogP contribution in [0.4, 0.5) is 0 Å². The molecule has 2 nitrogen and oxygen atoms in total. The molecular formula is C18H22ClNO. The lowest BCUT2D eigenvalue weighted by atomic mass is 10.2. The minimum absolute atomic E-state index is 0.533. The molecule has 0 saturated carbocycles. The Balaban J connectivity index is 1.82. The van der Waals surface area contributed by atoms with Crippen molar-refractivity contribution in [2.24, 2.45) is 5.92 Å². The first-order valence-corrected chi connectivity index (χ1v) is 7.68. The van der Waals surface area contributed by atoms with Crippen molar-refractivity contribution in [1.82, 2.24) is 5.32 Å². The van der Waals surface area contributed by atoms with Gasteiger partial charge in [-0.25, -0.2) is 0 Å². The van der Waals surface area contributed by atoms with Crippen LogP contribution in [0.1, 0.15) is 25.0 Å². The van der Waals surface area contributed by atoms with Crippen molar-refractivity contribution >= 4 is 11.6 Å². The van der Waals surface area contributed by atoms with E-state index in [0.29, 0.717) is 12.5 Å². The summed E-state index contributed by atoms with van der Waals surface area (Å²) < 4.78 is 5.77. The van der Waals surface area contributed by atoms with Crippen LogP contribution in [-0.2, 0) is 13.2 Å². The van der Waals surface area contributed by atoms with Crippen molar-refractivity contribution in [3.63, 3.8) is 0 Å². The van der Waals surface area contributed by atoms with Crippen molar-refractivity contribution < 1.29 is 4.74 Å². The highest BCUT2D eigenvalue weighted by atomic mass is 35.5. The molecule has 0 bridgehead atoms. The lowest BCUT2D eigenvalue weighted by Gasteiger charge is -2.09. The minimum Gasteiger partial charge on any atom is -0.489 e. The van der Waals surface area contributed by atoms with Gasteiger partial charge in [-0.2, -0.15) is 0 Å². The van der Waals surface area contributed by atoms with Gasteiger partial charge in [0.25, 0.3) is 0 Å². The molecule has 112 valence electrons. The van der Waals surface area contributed by atoms with Crippen molar-refractivity contribution in [3.8, 4) is 5.75 Å². The molecular weight excluding hydrogens is 282 g/mol. The molecule has 1 N–H and O–H groups in total. The number of benzene rings is 2. The second-order valence-electron chi connectivity index (χ2n) is 5.59. The normalized spacial score (nSPS) is 10.9. The van der Waals surface area contributed by atoms with E-state index in [4.69, 9.17) is 16.3 Å². The molecule has 0 unspecified atom stereocenters. The van der Waals surface area contributed by atoms with E-state index in [1.807, 2.05) is 36.4 Å². The number of halogens is 1. The van der Waals surface area contributed by atoms with Gasteiger partial charge in [-0.05, 0) is 47.9 Å². The fourth-order valence-electron chi connectivity index (χ4n) is 2.00. The van der Waals surface area contributed by atoms with Crippen LogP contribution in [0, 0.1) is 5.92 Å². The first-order chi connectivity index (χ1) is 10.1. The van der Waals surface area contributed by atoms with Gasteiger partial charge in [-0.1, -0.05) is 49.7 Å². The average Bonchev–Trinajstić information content (AvgIpc) is 2.46. The Morgan fingerprint density at radius 2 is 1.81 bits per heavy atom. The summed E-state index contributed by atoms with van der Waals surface area (Å²) in [5, 5.41) is 4.17. The molecule has 0 atom stereocenters. The Labute approximate surface area is 132 Å². The molecule has 0 fully saturated rings. The van der Waals surface area contributed by atoms with Crippen LogP contribution in [0.3, 0.4) is 0 Å². The molecule has 0 heterocycles. The maximum atomic E-state index is 5.96. The third-order valence-corrected chi connectivity index (χ3v) is 3.33. The molecule has 21 heavy (non-hydrogen) atoms. The van der Waals surface area contributed by atoms with Gasteiger partial charge in [0.1, 0.15) is 12.4 Å². The number of hydrogen-bond acceptors (Lipinski definition) is 2. The van der Waals surface area contributed by atoms with Crippen LogP contribution in [0.2, 0.25) is 5.02 Å². The van der Waals surface area contributed by atoms with Gasteiger partial charge in [0.05, 0.1) is 0 Å². The monoisotopic (exact) mass is 303 g/mol. The van der Waals surface area contributed by atoms with Gasteiger partial charge >= 0.3 is 0 Å². The summed E-state index contributed by atoms with van der Waals surface area (Å²) in [6, 6.07) is 15.9. The van der Waals surface area contributed by atoms with E-state index in [1.165, 1.54) is 5.56 Å². The van der Waals surface area contributed by atoms with Crippen LogP contribution in [0.15, 0.2) is 48.5 Å². The van der Waals surface area contributed by atoms with Crippen molar-refractivity contribution in [3.05, 3.63) is 64.7 Å². The zero-order valence-corrected chi connectivity index (χ0v) is 13.4. The molecule has 0 saturated heterocycles. The smallest absolute Gasteiger partial charge is 0.119 e. The second-order valence-corrected chi connectivity index (χ2v) is 6.02. The summed E-state index contributed by atoms with van der Waals surface area (Å²) in [5.74, 6) is 1.55. The number of hydrogen-bond donors (Lipinski definition) is 1. The van der Waals surface area contributed by atoms with E-state index in [-0.39, 0.29) is 0 Å². The summed E-state index contributed by atoms with van der Waals surface area (Å²) in [6.45, 7) is 6.88. The van der Waals surface area contributed by atoms with Gasteiger partial charge in [0.2, 0.25) is 0 Å². The van der Waals surface area contributed by atoms with E-state index < -0.39 is 0 Å². The number of nitrogens with one attached hydrogen (secondary N) is 1. The first kappa shape index (κ1) is 15.9. The molecule has 2 aromatic rings. The predicted octanol–water partition coefficient (Wildman–Crippen LogP) is 4.66. The topological polar surface area (TPSA) is 21.3 Å². The van der Waals surface area contributed by atoms with Crippen LogP contribution in [-0.4, -0.2) is 6.54 Å². The highest BCUT2D eigenvalue weighted by Crippen LogP contribution is 2.16. The van der Waals surface area contributed by atoms with Crippen LogP contribution >= 0.6 is 11.6 Å². The Kier molecular flexibility index (Phi) is 6.09. The minimum atomic E-state index is 0.533. The van der Waals surface area contributed by atoms with Crippen molar-refractivity contribution in [2.45, 2.75) is 27.0 Å². The molecule has 3 heteroatoms. The van der Waals surface area contributed by atoms with Gasteiger partial charge in [0.15, 0.2) is 0 Å². The highest BCUT2D eigenvalue weighted by molar-refractivity contribution is 6.30.